The molecular formula is C14H19F4NO. The Kier molecular flexibility index (Phi) is 5.77. The van der Waals surface area contributed by atoms with Crippen molar-refractivity contribution in [3.8, 4) is 5.88 Å². The SMILES string of the molecule is CC.Cc1cnc(OCC(F)(F)C(F)F)c(C2CC2)c1. The summed E-state index contributed by atoms with van der Waals surface area (Å²) < 4.78 is 54.3. The van der Waals surface area contributed by atoms with Crippen LogP contribution in [0.5, 0.6) is 5.88 Å². The number of aryl methyl sites for hydroxylation is 1. The van der Waals surface area contributed by atoms with Gasteiger partial charge < -0.3 is 4.74 Å². The maximum absolute atomic E-state index is 12.8. The highest BCUT2D eigenvalue weighted by Gasteiger charge is 2.42. The minimum Gasteiger partial charge on any atom is -0.471 e. The Morgan fingerprint density at radius 2 is 1.95 bits per heavy atom. The van der Waals surface area contributed by atoms with E-state index in [4.69, 9.17) is 4.74 Å². The van der Waals surface area contributed by atoms with Crippen LogP contribution in [0.2, 0.25) is 0 Å². The topological polar surface area (TPSA) is 22.1 Å². The number of pyridine rings is 1. The fourth-order valence-electron chi connectivity index (χ4n) is 1.61. The molecule has 0 bridgehead atoms. The Bertz CT molecular complexity index is 433. The molecule has 1 saturated carbocycles. The number of rotatable bonds is 5. The lowest BCUT2D eigenvalue weighted by Gasteiger charge is -2.17. The quantitative estimate of drug-likeness (QED) is 0.742. The van der Waals surface area contributed by atoms with Gasteiger partial charge in [0.05, 0.1) is 0 Å². The van der Waals surface area contributed by atoms with Crippen molar-refractivity contribution >= 4 is 0 Å². The van der Waals surface area contributed by atoms with Crippen molar-refractivity contribution in [2.75, 3.05) is 6.61 Å². The fraction of sp³-hybridized carbons (Fsp3) is 0.643. The Labute approximate surface area is 116 Å². The molecule has 1 aromatic rings. The zero-order valence-electron chi connectivity index (χ0n) is 11.8. The summed E-state index contributed by atoms with van der Waals surface area (Å²) in [6, 6.07) is 1.81. The van der Waals surface area contributed by atoms with E-state index < -0.39 is 19.0 Å². The maximum atomic E-state index is 12.8. The van der Waals surface area contributed by atoms with Gasteiger partial charge in [0.15, 0.2) is 6.61 Å². The van der Waals surface area contributed by atoms with Gasteiger partial charge in [-0.2, -0.15) is 8.78 Å². The van der Waals surface area contributed by atoms with Crippen LogP contribution in [0.4, 0.5) is 17.6 Å². The molecule has 0 unspecified atom stereocenters. The van der Waals surface area contributed by atoms with Crippen molar-refractivity contribution in [3.05, 3.63) is 23.4 Å². The molecule has 0 amide bonds. The molecule has 2 nitrogen and oxygen atoms in total. The number of halogens is 4. The second-order valence-electron chi connectivity index (χ2n) is 4.53. The lowest BCUT2D eigenvalue weighted by atomic mass is 10.1. The van der Waals surface area contributed by atoms with Gasteiger partial charge in [-0.05, 0) is 37.3 Å². The fourth-order valence-corrected chi connectivity index (χ4v) is 1.61. The minimum absolute atomic E-state index is 0.0448. The molecule has 0 atom stereocenters. The van der Waals surface area contributed by atoms with Crippen LogP contribution in [0, 0.1) is 6.92 Å². The molecule has 6 heteroatoms. The van der Waals surface area contributed by atoms with Crippen molar-refractivity contribution in [2.24, 2.45) is 0 Å². The highest BCUT2D eigenvalue weighted by atomic mass is 19.3. The predicted octanol–water partition coefficient (Wildman–Crippen LogP) is 4.57. The van der Waals surface area contributed by atoms with E-state index in [9.17, 15) is 17.6 Å². The first-order valence-electron chi connectivity index (χ1n) is 6.65. The van der Waals surface area contributed by atoms with Crippen molar-refractivity contribution in [2.45, 2.75) is 51.9 Å². The zero-order chi connectivity index (χ0) is 15.3. The van der Waals surface area contributed by atoms with E-state index in [1.165, 1.54) is 6.20 Å². The molecule has 0 N–H and O–H groups in total. The van der Waals surface area contributed by atoms with Crippen LogP contribution in [-0.4, -0.2) is 23.9 Å². The van der Waals surface area contributed by atoms with Crippen molar-refractivity contribution in [3.63, 3.8) is 0 Å². The monoisotopic (exact) mass is 293 g/mol. The van der Waals surface area contributed by atoms with Gasteiger partial charge in [-0.1, -0.05) is 13.8 Å². The van der Waals surface area contributed by atoms with E-state index in [0.717, 1.165) is 24.0 Å². The number of hydrogen-bond acceptors (Lipinski definition) is 2. The lowest BCUT2D eigenvalue weighted by Crippen LogP contribution is -2.34. The maximum Gasteiger partial charge on any atom is 0.340 e. The molecule has 0 saturated heterocycles. The van der Waals surface area contributed by atoms with Crippen LogP contribution in [-0.2, 0) is 0 Å². The molecule has 0 spiro atoms. The molecule has 0 aliphatic heterocycles. The Balaban J connectivity index is 0.000000956. The largest absolute Gasteiger partial charge is 0.471 e. The minimum atomic E-state index is -4.15. The smallest absolute Gasteiger partial charge is 0.340 e. The Morgan fingerprint density at radius 1 is 1.35 bits per heavy atom. The number of nitrogens with zero attached hydrogens (tertiary/aromatic N) is 1. The van der Waals surface area contributed by atoms with E-state index in [-0.39, 0.29) is 11.8 Å². The standard InChI is InChI=1S/C12H13F4NO.C2H6/c1-7-4-9(8-2-3-8)10(17-5-7)18-6-12(15,16)11(13)14;1-2/h4-5,8,11H,2-3,6H2,1H3;1-2H3. The van der Waals surface area contributed by atoms with E-state index >= 15 is 0 Å². The first-order chi connectivity index (χ1) is 9.40. The first kappa shape index (κ1) is 16.7. The van der Waals surface area contributed by atoms with Crippen LogP contribution in [0.3, 0.4) is 0 Å². The average molecular weight is 293 g/mol. The molecule has 2 rings (SSSR count). The number of alkyl halides is 4. The van der Waals surface area contributed by atoms with Gasteiger partial charge in [0.25, 0.3) is 0 Å². The summed E-state index contributed by atoms with van der Waals surface area (Å²) in [4.78, 5) is 3.90. The highest BCUT2D eigenvalue weighted by molar-refractivity contribution is 5.35. The van der Waals surface area contributed by atoms with Crippen LogP contribution in [0.15, 0.2) is 12.3 Å². The molecule has 1 heterocycles. The second kappa shape index (κ2) is 6.90. The average Bonchev–Trinajstić information content (AvgIpc) is 3.23. The second-order valence-corrected chi connectivity index (χ2v) is 4.53. The molecule has 1 aromatic heterocycles. The van der Waals surface area contributed by atoms with Gasteiger partial charge in [-0.25, -0.2) is 13.8 Å². The molecule has 20 heavy (non-hydrogen) atoms. The molecule has 1 fully saturated rings. The van der Waals surface area contributed by atoms with Crippen molar-refractivity contribution in [1.29, 1.82) is 0 Å². The van der Waals surface area contributed by atoms with E-state index in [1.807, 2.05) is 20.8 Å². The van der Waals surface area contributed by atoms with Crippen LogP contribution < -0.4 is 4.74 Å². The van der Waals surface area contributed by atoms with Gasteiger partial charge in [0.2, 0.25) is 5.88 Å². The summed E-state index contributed by atoms with van der Waals surface area (Å²) in [5.41, 5.74) is 1.63. The van der Waals surface area contributed by atoms with Gasteiger partial charge in [-0.3, -0.25) is 0 Å². The summed E-state index contributed by atoms with van der Waals surface area (Å²) in [7, 11) is 0. The molecular weight excluding hydrogens is 274 g/mol. The highest BCUT2D eigenvalue weighted by Crippen LogP contribution is 2.44. The normalized spacial score (nSPS) is 14.8. The number of ether oxygens (including phenoxy) is 1. The van der Waals surface area contributed by atoms with Gasteiger partial charge >= 0.3 is 12.3 Å². The third-order valence-corrected chi connectivity index (χ3v) is 2.75. The molecule has 114 valence electrons. The molecule has 0 radical (unpaired) electrons. The Morgan fingerprint density at radius 3 is 2.45 bits per heavy atom. The van der Waals surface area contributed by atoms with Crippen molar-refractivity contribution in [1.82, 2.24) is 4.98 Å². The molecule has 1 aliphatic rings. The van der Waals surface area contributed by atoms with Crippen molar-refractivity contribution < 1.29 is 22.3 Å². The van der Waals surface area contributed by atoms with Crippen LogP contribution in [0.1, 0.15) is 43.7 Å². The molecule has 1 aliphatic carbocycles. The van der Waals surface area contributed by atoms with Crippen LogP contribution in [0.25, 0.3) is 0 Å². The number of hydrogen-bond donors (Lipinski definition) is 0. The zero-order valence-corrected chi connectivity index (χ0v) is 11.8. The summed E-state index contributed by atoms with van der Waals surface area (Å²) >= 11 is 0. The summed E-state index contributed by atoms with van der Waals surface area (Å²) in [5.74, 6) is -3.84. The summed E-state index contributed by atoms with van der Waals surface area (Å²) in [6.07, 6.45) is -0.353. The van der Waals surface area contributed by atoms with E-state index in [0.29, 0.717) is 0 Å². The van der Waals surface area contributed by atoms with Gasteiger partial charge in [-0.15, -0.1) is 0 Å². The third-order valence-electron chi connectivity index (χ3n) is 2.75. The number of aromatic nitrogens is 1. The lowest BCUT2D eigenvalue weighted by molar-refractivity contribution is -0.148. The summed E-state index contributed by atoms with van der Waals surface area (Å²) in [6.45, 7) is 4.48. The van der Waals surface area contributed by atoms with E-state index in [1.54, 1.807) is 6.07 Å². The van der Waals surface area contributed by atoms with Gasteiger partial charge in [0, 0.05) is 11.8 Å². The molecule has 0 aromatic carbocycles. The predicted molar refractivity (Wildman–Crippen MR) is 68.7 cm³/mol. The first-order valence-corrected chi connectivity index (χ1v) is 6.65. The van der Waals surface area contributed by atoms with E-state index in [2.05, 4.69) is 4.98 Å². The van der Waals surface area contributed by atoms with Crippen LogP contribution >= 0.6 is 0 Å². The third kappa shape index (κ3) is 4.35. The van der Waals surface area contributed by atoms with Gasteiger partial charge in [0.1, 0.15) is 0 Å². The Hall–Kier alpha value is -1.33. The summed E-state index contributed by atoms with van der Waals surface area (Å²) in [5, 5.41) is 0.